The highest BCUT2D eigenvalue weighted by Crippen LogP contribution is 2.19. The lowest BCUT2D eigenvalue weighted by atomic mass is 10.2. The van der Waals surface area contributed by atoms with Gasteiger partial charge in [0.05, 0.1) is 6.04 Å². The summed E-state index contributed by atoms with van der Waals surface area (Å²) in [6, 6.07) is 5.69. The van der Waals surface area contributed by atoms with Crippen molar-refractivity contribution in [2.24, 2.45) is 0 Å². The normalized spacial score (nSPS) is 21.5. The van der Waals surface area contributed by atoms with Gasteiger partial charge in [0.25, 0.3) is 0 Å². The minimum absolute atomic E-state index is 0.133. The number of nitrogens with zero attached hydrogens (tertiary/aromatic N) is 1. The van der Waals surface area contributed by atoms with Crippen molar-refractivity contribution in [2.45, 2.75) is 31.9 Å². The number of carbonyl (C=O) groups excluding carboxylic acids is 1. The molecule has 2 rings (SSSR count). The van der Waals surface area contributed by atoms with Crippen LogP contribution in [-0.2, 0) is 4.74 Å². The number of hydrogen-bond acceptors (Lipinski definition) is 3. The van der Waals surface area contributed by atoms with E-state index in [-0.39, 0.29) is 18.0 Å². The quantitative estimate of drug-likeness (QED) is 0.852. The van der Waals surface area contributed by atoms with Crippen molar-refractivity contribution in [2.75, 3.05) is 18.9 Å². The Bertz CT molecular complexity index is 548. The van der Waals surface area contributed by atoms with E-state index in [0.29, 0.717) is 18.7 Å². The van der Waals surface area contributed by atoms with Crippen LogP contribution in [0, 0.1) is 17.7 Å². The first-order chi connectivity index (χ1) is 10.1. The van der Waals surface area contributed by atoms with Crippen LogP contribution in [-0.4, -0.2) is 36.7 Å². The molecule has 5 heteroatoms. The number of likely N-dealkylation sites (tertiary alicyclic amines) is 1. The van der Waals surface area contributed by atoms with Crippen molar-refractivity contribution >= 4 is 11.8 Å². The van der Waals surface area contributed by atoms with Gasteiger partial charge in [0, 0.05) is 25.1 Å². The van der Waals surface area contributed by atoms with Gasteiger partial charge in [-0.15, -0.1) is 5.92 Å². The molecule has 1 aromatic carbocycles. The Morgan fingerprint density at radius 3 is 2.86 bits per heavy atom. The van der Waals surface area contributed by atoms with Gasteiger partial charge in [0.15, 0.2) is 0 Å². The first-order valence-corrected chi connectivity index (χ1v) is 7.00. The Morgan fingerprint density at radius 2 is 2.19 bits per heavy atom. The van der Waals surface area contributed by atoms with Crippen LogP contribution in [0.4, 0.5) is 14.9 Å². The zero-order chi connectivity index (χ0) is 15.2. The van der Waals surface area contributed by atoms with Crippen molar-refractivity contribution in [3.05, 3.63) is 30.1 Å². The van der Waals surface area contributed by atoms with Gasteiger partial charge in [0.2, 0.25) is 0 Å². The second-order valence-electron chi connectivity index (χ2n) is 5.02. The molecular weight excluding hydrogens is 271 g/mol. The fraction of sp³-hybridized carbons (Fsp3) is 0.438. The number of ether oxygens (including phenoxy) is 1. The lowest BCUT2D eigenvalue weighted by Crippen LogP contribution is -2.26. The number of amides is 1. The Hall–Kier alpha value is -2.06. The molecule has 2 unspecified atom stereocenters. The van der Waals surface area contributed by atoms with Crippen molar-refractivity contribution in [3.8, 4) is 11.8 Å². The van der Waals surface area contributed by atoms with Crippen LogP contribution in [0.2, 0.25) is 0 Å². The van der Waals surface area contributed by atoms with Gasteiger partial charge in [-0.25, -0.2) is 9.18 Å². The SMILES string of the molecule is CCC#CC1CC(OC(=O)Nc2ccc(F)cc2)CN1C. The standard InChI is InChI=1S/C16H19FN2O2/c1-3-4-5-14-10-15(11-19(14)2)21-16(20)18-13-8-6-12(17)7-9-13/h6-9,14-15H,3,10-11H2,1-2H3,(H,18,20). The van der Waals surface area contributed by atoms with E-state index in [2.05, 4.69) is 22.1 Å². The van der Waals surface area contributed by atoms with Gasteiger partial charge in [-0.3, -0.25) is 10.2 Å². The number of benzene rings is 1. The van der Waals surface area contributed by atoms with Gasteiger partial charge in [-0.2, -0.15) is 0 Å². The van der Waals surface area contributed by atoms with Crippen LogP contribution in [0.15, 0.2) is 24.3 Å². The second-order valence-corrected chi connectivity index (χ2v) is 5.02. The summed E-state index contributed by atoms with van der Waals surface area (Å²) in [5.41, 5.74) is 0.509. The number of nitrogens with one attached hydrogen (secondary N) is 1. The number of anilines is 1. The van der Waals surface area contributed by atoms with E-state index < -0.39 is 6.09 Å². The van der Waals surface area contributed by atoms with Crippen LogP contribution in [0.3, 0.4) is 0 Å². The summed E-state index contributed by atoms with van der Waals surface area (Å²) < 4.78 is 18.2. The predicted molar refractivity (Wildman–Crippen MR) is 79.4 cm³/mol. The molecular formula is C16H19FN2O2. The Morgan fingerprint density at radius 1 is 1.48 bits per heavy atom. The van der Waals surface area contributed by atoms with Gasteiger partial charge < -0.3 is 4.74 Å². The minimum Gasteiger partial charge on any atom is -0.445 e. The van der Waals surface area contributed by atoms with E-state index in [4.69, 9.17) is 4.74 Å². The topological polar surface area (TPSA) is 41.6 Å². The molecule has 1 aromatic rings. The highest BCUT2D eigenvalue weighted by molar-refractivity contribution is 5.84. The van der Waals surface area contributed by atoms with Gasteiger partial charge in [-0.05, 0) is 31.3 Å². The molecule has 1 fully saturated rings. The van der Waals surface area contributed by atoms with Crippen LogP contribution in [0.25, 0.3) is 0 Å². The molecule has 4 nitrogen and oxygen atoms in total. The van der Waals surface area contributed by atoms with Gasteiger partial charge in [-0.1, -0.05) is 12.8 Å². The van der Waals surface area contributed by atoms with Crippen molar-refractivity contribution in [1.82, 2.24) is 4.90 Å². The molecule has 0 saturated carbocycles. The molecule has 0 aromatic heterocycles. The molecule has 1 aliphatic rings. The maximum Gasteiger partial charge on any atom is 0.411 e. The molecule has 0 radical (unpaired) electrons. The summed E-state index contributed by atoms with van der Waals surface area (Å²) in [6.45, 7) is 2.67. The number of hydrogen-bond donors (Lipinski definition) is 1. The molecule has 21 heavy (non-hydrogen) atoms. The van der Waals surface area contributed by atoms with E-state index >= 15 is 0 Å². The van der Waals surface area contributed by atoms with Crippen LogP contribution in [0.1, 0.15) is 19.8 Å². The lowest BCUT2D eigenvalue weighted by Gasteiger charge is -2.13. The van der Waals surface area contributed by atoms with Crippen LogP contribution >= 0.6 is 0 Å². The first kappa shape index (κ1) is 15.3. The van der Waals surface area contributed by atoms with E-state index in [9.17, 15) is 9.18 Å². The summed E-state index contributed by atoms with van der Waals surface area (Å²) >= 11 is 0. The number of halogens is 1. The highest BCUT2D eigenvalue weighted by atomic mass is 19.1. The second kappa shape index (κ2) is 7.09. The highest BCUT2D eigenvalue weighted by Gasteiger charge is 2.30. The zero-order valence-electron chi connectivity index (χ0n) is 12.2. The monoisotopic (exact) mass is 290 g/mol. The number of likely N-dealkylation sites (N-methyl/N-ethyl adjacent to an activating group) is 1. The fourth-order valence-electron chi connectivity index (χ4n) is 2.26. The molecule has 112 valence electrons. The van der Waals surface area contributed by atoms with Gasteiger partial charge >= 0.3 is 6.09 Å². The maximum atomic E-state index is 12.8. The summed E-state index contributed by atoms with van der Waals surface area (Å²) in [4.78, 5) is 13.9. The Labute approximate surface area is 124 Å². The summed E-state index contributed by atoms with van der Waals surface area (Å²) in [5, 5.41) is 2.59. The smallest absolute Gasteiger partial charge is 0.411 e. The Balaban J connectivity index is 1.85. The lowest BCUT2D eigenvalue weighted by molar-refractivity contribution is 0.115. The molecule has 1 N–H and O–H groups in total. The summed E-state index contributed by atoms with van der Waals surface area (Å²) in [6.07, 6.45) is 0.831. The minimum atomic E-state index is -0.524. The van der Waals surface area contributed by atoms with Crippen molar-refractivity contribution < 1.29 is 13.9 Å². The molecule has 0 spiro atoms. The predicted octanol–water partition coefficient (Wildman–Crippen LogP) is 2.86. The Kier molecular flexibility index (Phi) is 5.18. The van der Waals surface area contributed by atoms with E-state index in [1.807, 2.05) is 14.0 Å². The van der Waals surface area contributed by atoms with E-state index in [1.54, 1.807) is 0 Å². The maximum absolute atomic E-state index is 12.8. The van der Waals surface area contributed by atoms with Crippen LogP contribution in [0.5, 0.6) is 0 Å². The third-order valence-electron chi connectivity index (χ3n) is 3.32. The number of carbonyl (C=O) groups is 1. The largest absolute Gasteiger partial charge is 0.445 e. The fourth-order valence-corrected chi connectivity index (χ4v) is 2.26. The first-order valence-electron chi connectivity index (χ1n) is 7.00. The zero-order valence-corrected chi connectivity index (χ0v) is 12.2. The van der Waals surface area contributed by atoms with Crippen LogP contribution < -0.4 is 5.32 Å². The molecule has 0 aliphatic carbocycles. The van der Waals surface area contributed by atoms with E-state index in [0.717, 1.165) is 6.42 Å². The molecule has 1 heterocycles. The van der Waals surface area contributed by atoms with Crippen molar-refractivity contribution in [1.29, 1.82) is 0 Å². The number of rotatable bonds is 2. The van der Waals surface area contributed by atoms with Gasteiger partial charge in [0.1, 0.15) is 11.9 Å². The third-order valence-corrected chi connectivity index (χ3v) is 3.32. The van der Waals surface area contributed by atoms with Crippen molar-refractivity contribution in [3.63, 3.8) is 0 Å². The third kappa shape index (κ3) is 4.47. The van der Waals surface area contributed by atoms with E-state index in [1.165, 1.54) is 24.3 Å². The summed E-state index contributed by atoms with van der Waals surface area (Å²) in [5.74, 6) is 5.88. The molecule has 1 amide bonds. The summed E-state index contributed by atoms with van der Waals surface area (Å²) in [7, 11) is 1.97. The average Bonchev–Trinajstić information content (AvgIpc) is 2.79. The molecule has 0 bridgehead atoms. The average molecular weight is 290 g/mol. The molecule has 1 aliphatic heterocycles. The molecule has 1 saturated heterocycles. The molecule has 2 atom stereocenters.